The molecule has 2 rings (SSSR count). The summed E-state index contributed by atoms with van der Waals surface area (Å²) in [6.07, 6.45) is 0. The van der Waals surface area contributed by atoms with Gasteiger partial charge in [0.2, 0.25) is 5.91 Å². The first-order valence-corrected chi connectivity index (χ1v) is 7.33. The van der Waals surface area contributed by atoms with E-state index >= 15 is 0 Å². The number of methoxy groups -OCH3 is 1. The number of benzene rings is 2. The lowest BCUT2D eigenvalue weighted by Crippen LogP contribution is -2.32. The van der Waals surface area contributed by atoms with Crippen LogP contribution in [-0.2, 0) is 4.79 Å². The summed E-state index contributed by atoms with van der Waals surface area (Å²) < 4.78 is 5.32. The number of rotatable bonds is 6. The van der Waals surface area contributed by atoms with Crippen LogP contribution in [0.1, 0.15) is 24.1 Å². The third-order valence-electron chi connectivity index (χ3n) is 3.45. The van der Waals surface area contributed by atoms with Gasteiger partial charge in [-0.3, -0.25) is 4.79 Å². The highest BCUT2D eigenvalue weighted by Crippen LogP contribution is 2.24. The van der Waals surface area contributed by atoms with Crippen LogP contribution in [0.25, 0.3) is 0 Å². The molecule has 0 aromatic heterocycles. The highest BCUT2D eigenvalue weighted by molar-refractivity contribution is 5.81. The quantitative estimate of drug-likeness (QED) is 0.860. The zero-order valence-electron chi connectivity index (χ0n) is 13.2. The minimum Gasteiger partial charge on any atom is -0.496 e. The average molecular weight is 298 g/mol. The summed E-state index contributed by atoms with van der Waals surface area (Å²) in [5.41, 5.74) is 3.07. The summed E-state index contributed by atoms with van der Waals surface area (Å²) in [6, 6.07) is 15.5. The maximum Gasteiger partial charge on any atom is 0.239 e. The van der Waals surface area contributed by atoms with Crippen molar-refractivity contribution in [1.82, 2.24) is 5.32 Å². The number of para-hydroxylation sites is 1. The lowest BCUT2D eigenvalue weighted by Gasteiger charge is -2.17. The number of aryl methyl sites for hydroxylation is 1. The summed E-state index contributed by atoms with van der Waals surface area (Å²) >= 11 is 0. The molecule has 4 heteroatoms. The monoisotopic (exact) mass is 298 g/mol. The van der Waals surface area contributed by atoms with Gasteiger partial charge in [-0.05, 0) is 37.6 Å². The van der Waals surface area contributed by atoms with Gasteiger partial charge in [-0.2, -0.15) is 0 Å². The Hall–Kier alpha value is -2.49. The predicted molar refractivity (Wildman–Crippen MR) is 89.2 cm³/mol. The van der Waals surface area contributed by atoms with Gasteiger partial charge in [0.15, 0.2) is 0 Å². The Bertz CT molecular complexity index is 640. The molecular weight excluding hydrogens is 276 g/mol. The Kier molecular flexibility index (Phi) is 5.42. The van der Waals surface area contributed by atoms with Crippen LogP contribution in [0.2, 0.25) is 0 Å². The van der Waals surface area contributed by atoms with Crippen molar-refractivity contribution in [2.45, 2.75) is 19.9 Å². The average Bonchev–Trinajstić information content (AvgIpc) is 2.53. The van der Waals surface area contributed by atoms with Crippen LogP contribution >= 0.6 is 0 Å². The van der Waals surface area contributed by atoms with Crippen molar-refractivity contribution in [2.24, 2.45) is 0 Å². The second-order valence-electron chi connectivity index (χ2n) is 5.25. The van der Waals surface area contributed by atoms with Crippen LogP contribution in [0.15, 0.2) is 48.5 Å². The molecule has 4 nitrogen and oxygen atoms in total. The van der Waals surface area contributed by atoms with Crippen LogP contribution in [0, 0.1) is 6.92 Å². The van der Waals surface area contributed by atoms with Gasteiger partial charge in [0.25, 0.3) is 0 Å². The molecule has 116 valence electrons. The van der Waals surface area contributed by atoms with Crippen LogP contribution in [-0.4, -0.2) is 19.6 Å². The van der Waals surface area contributed by atoms with E-state index in [1.54, 1.807) is 7.11 Å². The van der Waals surface area contributed by atoms with Crippen molar-refractivity contribution in [2.75, 3.05) is 19.0 Å². The zero-order chi connectivity index (χ0) is 15.9. The molecule has 2 aromatic rings. The second kappa shape index (κ2) is 7.50. The smallest absolute Gasteiger partial charge is 0.239 e. The largest absolute Gasteiger partial charge is 0.496 e. The fourth-order valence-electron chi connectivity index (χ4n) is 2.33. The van der Waals surface area contributed by atoms with Crippen molar-refractivity contribution in [3.63, 3.8) is 0 Å². The zero-order valence-corrected chi connectivity index (χ0v) is 13.2. The van der Waals surface area contributed by atoms with Crippen LogP contribution in [0.4, 0.5) is 5.69 Å². The molecular formula is C18H22N2O2. The molecule has 2 N–H and O–H groups in total. The Balaban J connectivity index is 1.91. The molecule has 0 radical (unpaired) electrons. The first-order chi connectivity index (χ1) is 10.6. The van der Waals surface area contributed by atoms with E-state index in [1.807, 2.05) is 62.4 Å². The summed E-state index contributed by atoms with van der Waals surface area (Å²) in [7, 11) is 1.63. The Morgan fingerprint density at radius 1 is 1.18 bits per heavy atom. The standard InChI is InChI=1S/C18H22N2O2/c1-13-7-6-8-15(11-13)19-12-18(21)20-14(2)16-9-4-5-10-17(16)22-3/h4-11,14,19H,12H2,1-3H3,(H,20,21). The van der Waals surface area contributed by atoms with Gasteiger partial charge in [0.05, 0.1) is 19.7 Å². The molecule has 0 saturated heterocycles. The summed E-state index contributed by atoms with van der Waals surface area (Å²) in [6.45, 7) is 4.21. The highest BCUT2D eigenvalue weighted by atomic mass is 16.5. The normalized spacial score (nSPS) is 11.6. The number of nitrogens with one attached hydrogen (secondary N) is 2. The molecule has 0 bridgehead atoms. The molecule has 0 aliphatic rings. The van der Waals surface area contributed by atoms with E-state index < -0.39 is 0 Å². The Labute approximate surface area is 131 Å². The van der Waals surface area contributed by atoms with Gasteiger partial charge in [-0.25, -0.2) is 0 Å². The summed E-state index contributed by atoms with van der Waals surface area (Å²) in [5.74, 6) is 0.724. The fourth-order valence-corrected chi connectivity index (χ4v) is 2.33. The molecule has 1 unspecified atom stereocenters. The molecule has 0 aliphatic heterocycles. The third-order valence-corrected chi connectivity index (χ3v) is 3.45. The number of hydrogen-bond acceptors (Lipinski definition) is 3. The number of carbonyl (C=O) groups excluding carboxylic acids is 1. The molecule has 0 spiro atoms. The van der Waals surface area contributed by atoms with Gasteiger partial charge in [-0.15, -0.1) is 0 Å². The summed E-state index contributed by atoms with van der Waals surface area (Å²) in [4.78, 5) is 12.1. The van der Waals surface area contributed by atoms with Crippen molar-refractivity contribution in [3.8, 4) is 5.75 Å². The number of carbonyl (C=O) groups is 1. The van der Waals surface area contributed by atoms with Crippen LogP contribution in [0.3, 0.4) is 0 Å². The van der Waals surface area contributed by atoms with Crippen molar-refractivity contribution < 1.29 is 9.53 Å². The van der Waals surface area contributed by atoms with E-state index in [9.17, 15) is 4.79 Å². The maximum atomic E-state index is 12.1. The first-order valence-electron chi connectivity index (χ1n) is 7.33. The molecule has 1 atom stereocenters. The van der Waals surface area contributed by atoms with Crippen molar-refractivity contribution in [1.29, 1.82) is 0 Å². The number of amides is 1. The Morgan fingerprint density at radius 3 is 2.68 bits per heavy atom. The predicted octanol–water partition coefficient (Wildman–Crippen LogP) is 3.29. The summed E-state index contributed by atoms with van der Waals surface area (Å²) in [5, 5.41) is 6.10. The lowest BCUT2D eigenvalue weighted by molar-refractivity contribution is -0.120. The number of anilines is 1. The lowest BCUT2D eigenvalue weighted by atomic mass is 10.1. The van der Waals surface area contributed by atoms with Gasteiger partial charge < -0.3 is 15.4 Å². The molecule has 0 heterocycles. The Morgan fingerprint density at radius 2 is 1.95 bits per heavy atom. The topological polar surface area (TPSA) is 50.4 Å². The number of hydrogen-bond donors (Lipinski definition) is 2. The van der Waals surface area contributed by atoms with Gasteiger partial charge in [0.1, 0.15) is 5.75 Å². The van der Waals surface area contributed by atoms with E-state index in [2.05, 4.69) is 10.6 Å². The van der Waals surface area contributed by atoms with Crippen LogP contribution in [0.5, 0.6) is 5.75 Å². The molecule has 2 aromatic carbocycles. The molecule has 0 aliphatic carbocycles. The minimum absolute atomic E-state index is 0.0556. The molecule has 0 saturated carbocycles. The second-order valence-corrected chi connectivity index (χ2v) is 5.25. The van der Waals surface area contributed by atoms with Gasteiger partial charge in [-0.1, -0.05) is 30.3 Å². The molecule has 1 amide bonds. The van der Waals surface area contributed by atoms with E-state index in [4.69, 9.17) is 4.74 Å². The molecule has 22 heavy (non-hydrogen) atoms. The molecule has 0 fully saturated rings. The van der Waals surface area contributed by atoms with E-state index in [-0.39, 0.29) is 18.5 Å². The fraction of sp³-hybridized carbons (Fsp3) is 0.278. The van der Waals surface area contributed by atoms with E-state index in [0.29, 0.717) is 0 Å². The van der Waals surface area contributed by atoms with E-state index in [1.165, 1.54) is 0 Å². The van der Waals surface area contributed by atoms with E-state index in [0.717, 1.165) is 22.6 Å². The van der Waals surface area contributed by atoms with Gasteiger partial charge in [0, 0.05) is 11.3 Å². The minimum atomic E-state index is -0.108. The maximum absolute atomic E-state index is 12.1. The van der Waals surface area contributed by atoms with Crippen LogP contribution < -0.4 is 15.4 Å². The van der Waals surface area contributed by atoms with Gasteiger partial charge >= 0.3 is 0 Å². The van der Waals surface area contributed by atoms with Crippen molar-refractivity contribution >= 4 is 11.6 Å². The third kappa shape index (κ3) is 4.25. The number of ether oxygens (including phenoxy) is 1. The SMILES string of the molecule is COc1ccccc1C(C)NC(=O)CNc1cccc(C)c1. The highest BCUT2D eigenvalue weighted by Gasteiger charge is 2.13. The van der Waals surface area contributed by atoms with Crippen molar-refractivity contribution in [3.05, 3.63) is 59.7 Å². The first kappa shape index (κ1) is 15.9.